The number of cyclic esters (lactones) is 2. The van der Waals surface area contributed by atoms with Gasteiger partial charge in [-0.25, -0.2) is 9.18 Å². The van der Waals surface area contributed by atoms with Crippen molar-refractivity contribution in [3.05, 3.63) is 12.3 Å². The van der Waals surface area contributed by atoms with Crippen LogP contribution in [-0.2, 0) is 9.47 Å². The molecule has 0 bridgehead atoms. The molecule has 1 aliphatic carbocycles. The number of alkyl halides is 1. The third-order valence-electron chi connectivity index (χ3n) is 2.91. The first kappa shape index (κ1) is 9.49. The first-order valence-electron chi connectivity index (χ1n) is 4.90. The molecule has 0 aromatic carbocycles. The standard InChI is InChI=1S/C10H13FO3/c1-6-8(11)9(14-10(12)13-6)7-4-2-3-5-7/h7-9H,1-5H2. The summed E-state index contributed by atoms with van der Waals surface area (Å²) in [6.45, 7) is 3.37. The Morgan fingerprint density at radius 3 is 2.64 bits per heavy atom. The van der Waals surface area contributed by atoms with E-state index >= 15 is 0 Å². The second-order valence-corrected chi connectivity index (χ2v) is 3.85. The Kier molecular flexibility index (Phi) is 2.44. The predicted molar refractivity (Wildman–Crippen MR) is 47.3 cm³/mol. The van der Waals surface area contributed by atoms with Crippen molar-refractivity contribution < 1.29 is 18.7 Å². The molecule has 0 aromatic heterocycles. The van der Waals surface area contributed by atoms with Gasteiger partial charge in [0.2, 0.25) is 0 Å². The lowest BCUT2D eigenvalue weighted by molar-refractivity contribution is -0.0590. The van der Waals surface area contributed by atoms with Gasteiger partial charge in [-0.3, -0.25) is 0 Å². The molecule has 2 fully saturated rings. The number of hydrogen-bond acceptors (Lipinski definition) is 3. The Hall–Kier alpha value is -1.06. The van der Waals surface area contributed by atoms with Gasteiger partial charge in [0.05, 0.1) is 0 Å². The quantitative estimate of drug-likeness (QED) is 0.610. The summed E-state index contributed by atoms with van der Waals surface area (Å²) in [4.78, 5) is 10.9. The zero-order chi connectivity index (χ0) is 10.1. The van der Waals surface area contributed by atoms with Crippen molar-refractivity contribution in [2.24, 2.45) is 5.92 Å². The van der Waals surface area contributed by atoms with E-state index in [1.807, 2.05) is 0 Å². The topological polar surface area (TPSA) is 35.5 Å². The summed E-state index contributed by atoms with van der Waals surface area (Å²) < 4.78 is 22.9. The largest absolute Gasteiger partial charge is 0.514 e. The van der Waals surface area contributed by atoms with E-state index in [1.54, 1.807) is 0 Å². The lowest BCUT2D eigenvalue weighted by Crippen LogP contribution is -2.40. The first-order valence-corrected chi connectivity index (χ1v) is 4.90. The van der Waals surface area contributed by atoms with Crippen LogP contribution in [0.4, 0.5) is 9.18 Å². The molecule has 1 heterocycles. The zero-order valence-corrected chi connectivity index (χ0v) is 7.87. The highest BCUT2D eigenvalue weighted by molar-refractivity contribution is 5.63. The minimum absolute atomic E-state index is 0.113. The molecule has 2 rings (SSSR count). The molecule has 0 amide bonds. The second kappa shape index (κ2) is 3.59. The van der Waals surface area contributed by atoms with E-state index in [9.17, 15) is 9.18 Å². The van der Waals surface area contributed by atoms with Gasteiger partial charge in [0, 0.05) is 0 Å². The fraction of sp³-hybridized carbons (Fsp3) is 0.700. The Labute approximate surface area is 81.9 Å². The number of carbonyl (C=O) groups excluding carboxylic acids is 1. The normalized spacial score (nSPS) is 34.1. The molecule has 4 heteroatoms. The van der Waals surface area contributed by atoms with E-state index in [4.69, 9.17) is 4.74 Å². The van der Waals surface area contributed by atoms with Crippen molar-refractivity contribution in [1.82, 2.24) is 0 Å². The van der Waals surface area contributed by atoms with Crippen molar-refractivity contribution in [2.45, 2.75) is 38.0 Å². The zero-order valence-electron chi connectivity index (χ0n) is 7.87. The molecule has 78 valence electrons. The minimum Gasteiger partial charge on any atom is -0.427 e. The van der Waals surface area contributed by atoms with Crippen LogP contribution in [0.15, 0.2) is 12.3 Å². The van der Waals surface area contributed by atoms with Crippen LogP contribution in [0.2, 0.25) is 0 Å². The maximum atomic E-state index is 13.6. The van der Waals surface area contributed by atoms with Crippen molar-refractivity contribution in [1.29, 1.82) is 0 Å². The maximum Gasteiger partial charge on any atom is 0.514 e. The SMILES string of the molecule is C=C1OC(=O)OC(C2CCCC2)C1F. The van der Waals surface area contributed by atoms with Crippen molar-refractivity contribution in [3.63, 3.8) is 0 Å². The van der Waals surface area contributed by atoms with Crippen molar-refractivity contribution in [2.75, 3.05) is 0 Å². The summed E-state index contributed by atoms with van der Waals surface area (Å²) in [5.74, 6) is 0.0211. The molecule has 1 saturated carbocycles. The molecule has 0 N–H and O–H groups in total. The number of carbonyl (C=O) groups is 1. The van der Waals surface area contributed by atoms with Crippen LogP contribution in [0.5, 0.6) is 0 Å². The summed E-state index contributed by atoms with van der Waals surface area (Å²) in [5, 5.41) is 0. The van der Waals surface area contributed by atoms with Crippen molar-refractivity contribution >= 4 is 6.16 Å². The van der Waals surface area contributed by atoms with E-state index < -0.39 is 18.4 Å². The molecule has 2 aliphatic rings. The van der Waals surface area contributed by atoms with Gasteiger partial charge < -0.3 is 9.47 Å². The number of rotatable bonds is 1. The van der Waals surface area contributed by atoms with Gasteiger partial charge in [0.15, 0.2) is 6.17 Å². The van der Waals surface area contributed by atoms with Crippen LogP contribution < -0.4 is 0 Å². The molecule has 1 saturated heterocycles. The summed E-state index contributed by atoms with van der Waals surface area (Å²) in [6.07, 6.45) is 1.15. The van der Waals surface area contributed by atoms with Gasteiger partial charge >= 0.3 is 6.16 Å². The van der Waals surface area contributed by atoms with E-state index in [-0.39, 0.29) is 11.7 Å². The summed E-state index contributed by atoms with van der Waals surface area (Å²) in [5.41, 5.74) is 0. The predicted octanol–water partition coefficient (Wildman–Crippen LogP) is 2.56. The monoisotopic (exact) mass is 200 g/mol. The third-order valence-corrected chi connectivity index (χ3v) is 2.91. The number of ether oxygens (including phenoxy) is 2. The van der Waals surface area contributed by atoms with Gasteiger partial charge in [-0.2, -0.15) is 0 Å². The van der Waals surface area contributed by atoms with Gasteiger partial charge in [0.25, 0.3) is 0 Å². The van der Waals surface area contributed by atoms with Gasteiger partial charge in [-0.15, -0.1) is 0 Å². The fourth-order valence-corrected chi connectivity index (χ4v) is 2.16. The minimum atomic E-state index is -1.37. The molecule has 2 unspecified atom stereocenters. The van der Waals surface area contributed by atoms with Gasteiger partial charge in [-0.05, 0) is 18.8 Å². The van der Waals surface area contributed by atoms with E-state index in [0.29, 0.717) is 0 Å². The molecule has 2 atom stereocenters. The summed E-state index contributed by atoms with van der Waals surface area (Å²) in [7, 11) is 0. The summed E-state index contributed by atoms with van der Waals surface area (Å²) >= 11 is 0. The van der Waals surface area contributed by atoms with Crippen LogP contribution in [-0.4, -0.2) is 18.4 Å². The van der Waals surface area contributed by atoms with Crippen LogP contribution in [0.1, 0.15) is 25.7 Å². The third kappa shape index (κ3) is 1.61. The van der Waals surface area contributed by atoms with Crippen LogP contribution >= 0.6 is 0 Å². The molecule has 3 nitrogen and oxygen atoms in total. The highest BCUT2D eigenvalue weighted by Crippen LogP contribution is 2.35. The molecular formula is C10H13FO3. The number of halogens is 1. The van der Waals surface area contributed by atoms with E-state index in [0.717, 1.165) is 25.7 Å². The molecule has 0 radical (unpaired) electrons. The Bertz CT molecular complexity index is 258. The highest BCUT2D eigenvalue weighted by atomic mass is 19.1. The van der Waals surface area contributed by atoms with Crippen molar-refractivity contribution in [3.8, 4) is 0 Å². The highest BCUT2D eigenvalue weighted by Gasteiger charge is 2.41. The Balaban J connectivity index is 2.07. The lowest BCUT2D eigenvalue weighted by Gasteiger charge is -2.30. The van der Waals surface area contributed by atoms with Crippen LogP contribution in [0, 0.1) is 5.92 Å². The number of hydrogen-bond donors (Lipinski definition) is 0. The molecule has 14 heavy (non-hydrogen) atoms. The average Bonchev–Trinajstić information content (AvgIpc) is 2.63. The van der Waals surface area contributed by atoms with Crippen LogP contribution in [0.3, 0.4) is 0 Å². The second-order valence-electron chi connectivity index (χ2n) is 3.85. The first-order chi connectivity index (χ1) is 6.68. The van der Waals surface area contributed by atoms with Gasteiger partial charge in [-0.1, -0.05) is 19.4 Å². The lowest BCUT2D eigenvalue weighted by atomic mass is 9.96. The van der Waals surface area contributed by atoms with E-state index in [1.165, 1.54) is 0 Å². The Morgan fingerprint density at radius 1 is 1.36 bits per heavy atom. The maximum absolute atomic E-state index is 13.6. The molecule has 0 aromatic rings. The van der Waals surface area contributed by atoms with E-state index in [2.05, 4.69) is 11.3 Å². The molecular weight excluding hydrogens is 187 g/mol. The fourth-order valence-electron chi connectivity index (χ4n) is 2.16. The molecule has 1 aliphatic heterocycles. The molecule has 0 spiro atoms. The van der Waals surface area contributed by atoms with Gasteiger partial charge in [0.1, 0.15) is 11.9 Å². The smallest absolute Gasteiger partial charge is 0.427 e. The average molecular weight is 200 g/mol. The Morgan fingerprint density at radius 2 is 2.00 bits per heavy atom. The summed E-state index contributed by atoms with van der Waals surface area (Å²) in [6, 6.07) is 0. The van der Waals surface area contributed by atoms with Crippen LogP contribution in [0.25, 0.3) is 0 Å².